The van der Waals surface area contributed by atoms with Crippen LogP contribution >= 0.6 is 0 Å². The van der Waals surface area contributed by atoms with Gasteiger partial charge in [0.25, 0.3) is 5.79 Å². The Kier molecular flexibility index (Phi) is 1.43. The van der Waals surface area contributed by atoms with E-state index in [0.717, 1.165) is 0 Å². The normalized spacial score (nSPS) is 55.8. The SMILES string of the molecule is CN1C2CC(O)CC13OC(=O)C(=O)OC31OC21. The molecule has 4 fully saturated rings. The molecule has 2 bridgehead atoms. The quantitative estimate of drug-likeness (QED) is 0.308. The minimum atomic E-state index is -1.19. The van der Waals surface area contributed by atoms with Gasteiger partial charge in [-0.15, -0.1) is 0 Å². The molecule has 0 radical (unpaired) electrons. The van der Waals surface area contributed by atoms with Gasteiger partial charge in [-0.3, -0.25) is 4.90 Å². The fourth-order valence-electron chi connectivity index (χ4n) is 3.49. The van der Waals surface area contributed by atoms with Crippen LogP contribution in [-0.2, 0) is 23.8 Å². The van der Waals surface area contributed by atoms with Crippen LogP contribution in [0.15, 0.2) is 0 Å². The standard InChI is InChI=1S/C10H11NO6/c1-11-5-2-4(12)3-9(11)10(6(5)15-10)17-8(14)7(13)16-9/h4-6,12H,2-3H2,1H3. The molecule has 4 aliphatic rings. The number of hydrogen-bond acceptors (Lipinski definition) is 7. The minimum Gasteiger partial charge on any atom is -0.428 e. The summed E-state index contributed by atoms with van der Waals surface area (Å²) in [5, 5.41) is 9.81. The first kappa shape index (κ1) is 9.81. The van der Waals surface area contributed by atoms with E-state index in [4.69, 9.17) is 14.2 Å². The highest BCUT2D eigenvalue weighted by molar-refractivity contribution is 6.30. The third-order valence-corrected chi connectivity index (χ3v) is 4.28. The van der Waals surface area contributed by atoms with E-state index in [-0.39, 0.29) is 18.6 Å². The zero-order valence-electron chi connectivity index (χ0n) is 9.08. The predicted molar refractivity (Wildman–Crippen MR) is 49.3 cm³/mol. The molecule has 1 N–H and O–H groups in total. The molecule has 4 aliphatic heterocycles. The zero-order valence-corrected chi connectivity index (χ0v) is 9.08. The highest BCUT2D eigenvalue weighted by Gasteiger charge is 2.88. The molecule has 4 saturated heterocycles. The van der Waals surface area contributed by atoms with Crippen molar-refractivity contribution in [3.8, 4) is 0 Å². The van der Waals surface area contributed by atoms with Crippen LogP contribution in [-0.4, -0.2) is 58.8 Å². The van der Waals surface area contributed by atoms with Crippen molar-refractivity contribution in [2.75, 3.05) is 7.05 Å². The van der Waals surface area contributed by atoms with Gasteiger partial charge in [-0.2, -0.15) is 0 Å². The number of epoxide rings is 1. The first-order chi connectivity index (χ1) is 8.00. The maximum Gasteiger partial charge on any atom is 0.420 e. The fourth-order valence-corrected chi connectivity index (χ4v) is 3.49. The molecule has 92 valence electrons. The molecule has 0 aliphatic carbocycles. The maximum atomic E-state index is 11.4. The topological polar surface area (TPSA) is 88.6 Å². The van der Waals surface area contributed by atoms with E-state index in [9.17, 15) is 14.7 Å². The highest BCUT2D eigenvalue weighted by atomic mass is 16.9. The number of piperidine rings is 1. The molecule has 7 heteroatoms. The Bertz CT molecular complexity index is 452. The maximum absolute atomic E-state index is 11.4. The third-order valence-electron chi connectivity index (χ3n) is 4.28. The van der Waals surface area contributed by atoms with Crippen molar-refractivity contribution in [2.24, 2.45) is 0 Å². The van der Waals surface area contributed by atoms with Gasteiger partial charge in [-0.1, -0.05) is 0 Å². The van der Waals surface area contributed by atoms with E-state index < -0.39 is 29.6 Å². The van der Waals surface area contributed by atoms with E-state index in [1.54, 1.807) is 7.05 Å². The van der Waals surface area contributed by atoms with Crippen molar-refractivity contribution >= 4 is 11.9 Å². The highest BCUT2D eigenvalue weighted by Crippen LogP contribution is 2.64. The summed E-state index contributed by atoms with van der Waals surface area (Å²) in [5.74, 6) is -3.23. The number of rotatable bonds is 0. The number of morpholine rings is 1. The van der Waals surface area contributed by atoms with Gasteiger partial charge in [0.15, 0.2) is 0 Å². The smallest absolute Gasteiger partial charge is 0.420 e. The Morgan fingerprint density at radius 3 is 2.82 bits per heavy atom. The number of carbonyl (C=O) groups excluding carboxylic acids is 2. The van der Waals surface area contributed by atoms with Crippen LogP contribution in [0.5, 0.6) is 0 Å². The lowest BCUT2D eigenvalue weighted by atomic mass is 9.95. The lowest BCUT2D eigenvalue weighted by molar-refractivity contribution is -0.287. The molecule has 5 atom stereocenters. The summed E-state index contributed by atoms with van der Waals surface area (Å²) in [6.07, 6.45) is -0.147. The molecule has 7 nitrogen and oxygen atoms in total. The fraction of sp³-hybridized carbons (Fsp3) is 0.800. The Labute approximate surface area is 96.2 Å². The number of nitrogens with zero attached hydrogens (tertiary/aromatic N) is 1. The average molecular weight is 241 g/mol. The first-order valence-electron chi connectivity index (χ1n) is 5.55. The third kappa shape index (κ3) is 0.841. The summed E-state index contributed by atoms with van der Waals surface area (Å²) in [6, 6.07) is -0.0857. The van der Waals surface area contributed by atoms with Crippen molar-refractivity contribution in [2.45, 2.75) is 42.6 Å². The summed E-state index contributed by atoms with van der Waals surface area (Å²) >= 11 is 0. The Morgan fingerprint density at radius 2 is 2.06 bits per heavy atom. The second kappa shape index (κ2) is 2.47. The number of carbonyl (C=O) groups is 2. The van der Waals surface area contributed by atoms with Crippen LogP contribution in [0.1, 0.15) is 12.8 Å². The molecule has 4 heterocycles. The van der Waals surface area contributed by atoms with E-state index in [2.05, 4.69) is 0 Å². The molecule has 0 aromatic carbocycles. The Hall–Kier alpha value is -1.18. The van der Waals surface area contributed by atoms with Gasteiger partial charge in [-0.25, -0.2) is 9.59 Å². The van der Waals surface area contributed by atoms with Crippen molar-refractivity contribution in [3.63, 3.8) is 0 Å². The van der Waals surface area contributed by atoms with Crippen molar-refractivity contribution in [3.05, 3.63) is 0 Å². The molecule has 2 spiro atoms. The van der Waals surface area contributed by atoms with Crippen LogP contribution in [0.3, 0.4) is 0 Å². The van der Waals surface area contributed by atoms with Crippen LogP contribution < -0.4 is 0 Å². The van der Waals surface area contributed by atoms with Gasteiger partial charge >= 0.3 is 11.9 Å². The summed E-state index contributed by atoms with van der Waals surface area (Å²) in [4.78, 5) is 24.5. The molecule has 0 aromatic heterocycles. The monoisotopic (exact) mass is 241 g/mol. The summed E-state index contributed by atoms with van der Waals surface area (Å²) in [5.41, 5.74) is -1.15. The number of ether oxygens (including phenoxy) is 3. The molecule has 0 aromatic rings. The predicted octanol–water partition coefficient (Wildman–Crippen LogP) is -1.65. The minimum absolute atomic E-state index is 0.0857. The van der Waals surface area contributed by atoms with E-state index in [1.165, 1.54) is 0 Å². The van der Waals surface area contributed by atoms with Crippen molar-refractivity contribution in [1.82, 2.24) is 4.90 Å². The first-order valence-corrected chi connectivity index (χ1v) is 5.55. The van der Waals surface area contributed by atoms with Gasteiger partial charge in [-0.05, 0) is 13.5 Å². The van der Waals surface area contributed by atoms with Crippen molar-refractivity contribution in [1.29, 1.82) is 0 Å². The summed E-state index contributed by atoms with van der Waals surface area (Å²) in [7, 11) is 1.79. The number of hydrogen-bond donors (Lipinski definition) is 1. The number of fused-ring (bicyclic) bond motifs is 2. The van der Waals surface area contributed by atoms with Crippen LogP contribution in [0.2, 0.25) is 0 Å². The number of likely N-dealkylation sites (N-methyl/N-ethyl adjacent to an activating group) is 1. The van der Waals surface area contributed by atoms with Crippen LogP contribution in [0.4, 0.5) is 0 Å². The Balaban J connectivity index is 1.85. The lowest BCUT2D eigenvalue weighted by Crippen LogP contribution is -2.66. The van der Waals surface area contributed by atoms with Crippen LogP contribution in [0.25, 0.3) is 0 Å². The number of aliphatic hydroxyl groups is 1. The largest absolute Gasteiger partial charge is 0.428 e. The van der Waals surface area contributed by atoms with E-state index >= 15 is 0 Å². The molecular formula is C10H11NO6. The summed E-state index contributed by atoms with van der Waals surface area (Å²) < 4.78 is 15.8. The second-order valence-corrected chi connectivity index (χ2v) is 5.04. The van der Waals surface area contributed by atoms with Crippen LogP contribution in [0, 0.1) is 0 Å². The number of esters is 2. The zero-order chi connectivity index (χ0) is 12.0. The van der Waals surface area contributed by atoms with E-state index in [0.29, 0.717) is 6.42 Å². The molecule has 4 rings (SSSR count). The average Bonchev–Trinajstić information content (AvgIpc) is 2.93. The van der Waals surface area contributed by atoms with Gasteiger partial charge in [0.2, 0.25) is 5.72 Å². The Morgan fingerprint density at radius 1 is 1.35 bits per heavy atom. The number of aliphatic hydroxyl groups excluding tert-OH is 1. The second-order valence-electron chi connectivity index (χ2n) is 5.04. The molecule has 0 saturated carbocycles. The van der Waals surface area contributed by atoms with E-state index in [1.807, 2.05) is 4.90 Å². The molecule has 17 heavy (non-hydrogen) atoms. The van der Waals surface area contributed by atoms with Crippen molar-refractivity contribution < 1.29 is 28.9 Å². The van der Waals surface area contributed by atoms with Gasteiger partial charge < -0.3 is 19.3 Å². The van der Waals surface area contributed by atoms with Gasteiger partial charge in [0.05, 0.1) is 6.10 Å². The summed E-state index contributed by atoms with van der Waals surface area (Å²) in [6.45, 7) is 0. The van der Waals surface area contributed by atoms with Gasteiger partial charge in [0, 0.05) is 12.5 Å². The molecular weight excluding hydrogens is 230 g/mol. The van der Waals surface area contributed by atoms with Gasteiger partial charge in [0.1, 0.15) is 6.10 Å². The molecule has 5 unspecified atom stereocenters. The molecule has 0 amide bonds. The lowest BCUT2D eigenvalue weighted by Gasteiger charge is -2.47.